The highest BCUT2D eigenvalue weighted by atomic mass is 16.6. The number of hydrogen-bond acceptors (Lipinski definition) is 6. The summed E-state index contributed by atoms with van der Waals surface area (Å²) in [6, 6.07) is 0. The van der Waals surface area contributed by atoms with Crippen LogP contribution in [-0.2, 0) is 19.1 Å². The third-order valence-corrected chi connectivity index (χ3v) is 8.75. The van der Waals surface area contributed by atoms with Gasteiger partial charge >= 0.3 is 0 Å². The van der Waals surface area contributed by atoms with Gasteiger partial charge in [-0.25, -0.2) is 0 Å². The van der Waals surface area contributed by atoms with Crippen molar-refractivity contribution < 1.29 is 29.3 Å². The first-order valence-electron chi connectivity index (χ1n) is 13.6. The zero-order valence-corrected chi connectivity index (χ0v) is 23.4. The second-order valence-corrected chi connectivity index (χ2v) is 12.6. The molecule has 6 nitrogen and oxygen atoms in total. The molecular formula is C32H40O6. The number of Topliss-reactive ketones (excluding diaryl/α,β-unsaturated/α-hetero) is 2. The molecule has 3 aliphatic carbocycles. The van der Waals surface area contributed by atoms with Crippen LogP contribution in [0.15, 0.2) is 69.9 Å². The van der Waals surface area contributed by atoms with Crippen molar-refractivity contribution in [3.8, 4) is 0 Å². The number of aliphatic hydroxyl groups excluding tert-OH is 2. The summed E-state index contributed by atoms with van der Waals surface area (Å²) in [6.07, 6.45) is 6.79. The van der Waals surface area contributed by atoms with Crippen molar-refractivity contribution in [3.63, 3.8) is 0 Å². The van der Waals surface area contributed by atoms with E-state index in [-0.39, 0.29) is 24.4 Å². The van der Waals surface area contributed by atoms with Crippen LogP contribution in [0.2, 0.25) is 0 Å². The molecule has 1 spiro atoms. The fraction of sp³-hybridized carbons (Fsp3) is 0.562. The molecule has 6 heteroatoms. The molecule has 0 aromatic heterocycles. The predicted octanol–water partition coefficient (Wildman–Crippen LogP) is 4.78. The number of carbonyl (C=O) groups is 2. The molecule has 204 valence electrons. The van der Waals surface area contributed by atoms with Crippen LogP contribution in [0.5, 0.6) is 0 Å². The fourth-order valence-corrected chi connectivity index (χ4v) is 6.91. The summed E-state index contributed by atoms with van der Waals surface area (Å²) in [5.74, 6) is -0.169. The molecule has 0 aromatic carbocycles. The average Bonchev–Trinajstić information content (AvgIpc) is 3.73. The largest absolute Gasteiger partial charge is 0.390 e. The Balaban J connectivity index is 1.66. The lowest BCUT2D eigenvalue weighted by atomic mass is 9.56. The van der Waals surface area contributed by atoms with E-state index in [1.807, 2.05) is 65.8 Å². The van der Waals surface area contributed by atoms with E-state index in [9.17, 15) is 19.8 Å². The van der Waals surface area contributed by atoms with Gasteiger partial charge in [0, 0.05) is 24.8 Å². The highest BCUT2D eigenvalue weighted by Crippen LogP contribution is 2.62. The molecule has 5 aliphatic rings. The van der Waals surface area contributed by atoms with Gasteiger partial charge in [0.1, 0.15) is 12.2 Å². The molecular weight excluding hydrogens is 480 g/mol. The number of ketones is 2. The third kappa shape index (κ3) is 4.08. The van der Waals surface area contributed by atoms with Crippen LogP contribution in [-0.4, -0.2) is 57.4 Å². The number of ether oxygens (including phenoxy) is 2. The van der Waals surface area contributed by atoms with E-state index in [1.165, 1.54) is 0 Å². The van der Waals surface area contributed by atoms with Gasteiger partial charge in [-0.05, 0) is 65.5 Å². The van der Waals surface area contributed by atoms with Crippen molar-refractivity contribution in [2.75, 3.05) is 0 Å². The Morgan fingerprint density at radius 1 is 1.00 bits per heavy atom. The standard InChI is InChI=1S/C32H40O6/c1-17(2)8-10-31-26(35)22(14-24(33)27(31)37-31)21-13-20(7)15-30(23(21)12-19(5)6)16-25(34)28-32(38-28,29(30)36)11-9-18(3)4/h8-9,12-13,24-25,27-28,33-34H,5,10-11,14-16H2,1-4,6-7H3/b22-21+,23-12+/t24-,25-,27-,28-,30+,31+,32-/m0/s1. The van der Waals surface area contributed by atoms with Gasteiger partial charge in [-0.2, -0.15) is 0 Å². The molecule has 0 bridgehead atoms. The number of epoxide rings is 2. The number of aliphatic hydroxyl groups is 2. The molecule has 2 N–H and O–H groups in total. The van der Waals surface area contributed by atoms with Crippen molar-refractivity contribution in [1.29, 1.82) is 0 Å². The fourth-order valence-electron chi connectivity index (χ4n) is 6.91. The zero-order chi connectivity index (χ0) is 27.8. The van der Waals surface area contributed by atoms with Crippen molar-refractivity contribution >= 4 is 11.6 Å². The summed E-state index contributed by atoms with van der Waals surface area (Å²) in [5.41, 5.74) is 2.50. The monoisotopic (exact) mass is 520 g/mol. The maximum atomic E-state index is 14.5. The quantitative estimate of drug-likeness (QED) is 0.308. The molecule has 2 aliphatic heterocycles. The molecule has 0 unspecified atom stereocenters. The normalized spacial score (nSPS) is 42.3. The second-order valence-electron chi connectivity index (χ2n) is 12.6. The Bertz CT molecular complexity index is 1270. The van der Waals surface area contributed by atoms with E-state index in [0.29, 0.717) is 36.0 Å². The first-order chi connectivity index (χ1) is 17.8. The van der Waals surface area contributed by atoms with Crippen molar-refractivity contribution in [1.82, 2.24) is 0 Å². The minimum atomic E-state index is -1.07. The lowest BCUT2D eigenvalue weighted by Crippen LogP contribution is -2.53. The second kappa shape index (κ2) is 9.09. The Kier molecular flexibility index (Phi) is 6.50. The third-order valence-electron chi connectivity index (χ3n) is 8.75. The Morgan fingerprint density at radius 3 is 2.18 bits per heavy atom. The van der Waals surface area contributed by atoms with Gasteiger partial charge < -0.3 is 19.7 Å². The van der Waals surface area contributed by atoms with E-state index in [4.69, 9.17) is 9.47 Å². The maximum Gasteiger partial charge on any atom is 0.194 e. The highest BCUT2D eigenvalue weighted by molar-refractivity contribution is 6.08. The van der Waals surface area contributed by atoms with Crippen molar-refractivity contribution in [2.45, 2.75) is 109 Å². The minimum absolute atomic E-state index is 0.0422. The SMILES string of the molecule is C=C(C)/C=C1\C(=C2/C[C@H](O)[C@@H]3O[C@]3(CC=C(C)C)C2=O)C=C(C)C[C@@]12C[C@H](O)[C@@H]1O[C@]1(CC=C(C)C)C2=O. The summed E-state index contributed by atoms with van der Waals surface area (Å²) in [5, 5.41) is 22.2. The van der Waals surface area contributed by atoms with E-state index in [2.05, 4.69) is 6.58 Å². The van der Waals surface area contributed by atoms with Crippen LogP contribution >= 0.6 is 0 Å². The van der Waals surface area contributed by atoms with Gasteiger partial charge in [-0.15, -0.1) is 0 Å². The Morgan fingerprint density at radius 2 is 1.58 bits per heavy atom. The number of allylic oxidation sites excluding steroid dienone is 8. The van der Waals surface area contributed by atoms with E-state index in [1.54, 1.807) is 0 Å². The van der Waals surface area contributed by atoms with Gasteiger partial charge in [0.05, 0.1) is 17.6 Å². The summed E-state index contributed by atoms with van der Waals surface area (Å²) in [7, 11) is 0. The molecule has 4 fully saturated rings. The molecule has 5 rings (SSSR count). The van der Waals surface area contributed by atoms with Crippen LogP contribution in [0.1, 0.15) is 73.6 Å². The number of rotatable bonds is 5. The highest BCUT2D eigenvalue weighted by Gasteiger charge is 2.74. The molecule has 2 heterocycles. The first-order valence-corrected chi connectivity index (χ1v) is 13.6. The van der Waals surface area contributed by atoms with Crippen LogP contribution < -0.4 is 0 Å². The molecule has 0 radical (unpaired) electrons. The van der Waals surface area contributed by atoms with E-state index >= 15 is 0 Å². The van der Waals surface area contributed by atoms with Crippen LogP contribution in [0.4, 0.5) is 0 Å². The number of fused-ring (bicyclic) bond motifs is 2. The van der Waals surface area contributed by atoms with Crippen LogP contribution in [0, 0.1) is 5.41 Å². The molecule has 7 atom stereocenters. The molecule has 2 saturated carbocycles. The van der Waals surface area contributed by atoms with Crippen LogP contribution in [0.25, 0.3) is 0 Å². The van der Waals surface area contributed by atoms with Gasteiger partial charge in [0.2, 0.25) is 0 Å². The maximum absolute atomic E-state index is 14.5. The predicted molar refractivity (Wildman–Crippen MR) is 145 cm³/mol. The van der Waals surface area contributed by atoms with Crippen molar-refractivity contribution in [3.05, 3.63) is 69.9 Å². The van der Waals surface area contributed by atoms with Crippen LogP contribution in [0.3, 0.4) is 0 Å². The summed E-state index contributed by atoms with van der Waals surface area (Å²) >= 11 is 0. The Labute approximate surface area is 225 Å². The molecule has 2 saturated heterocycles. The first kappa shape index (κ1) is 27.2. The summed E-state index contributed by atoms with van der Waals surface area (Å²) in [6.45, 7) is 15.8. The topological polar surface area (TPSA) is 99.7 Å². The molecule has 0 aromatic rings. The molecule has 0 amide bonds. The number of hydrogen-bond donors (Lipinski definition) is 2. The lowest BCUT2D eigenvalue weighted by Gasteiger charge is -2.45. The smallest absolute Gasteiger partial charge is 0.194 e. The Hall–Kier alpha value is -2.38. The lowest BCUT2D eigenvalue weighted by molar-refractivity contribution is -0.135. The van der Waals surface area contributed by atoms with E-state index < -0.39 is 41.0 Å². The van der Waals surface area contributed by atoms with Gasteiger partial charge in [-0.3, -0.25) is 9.59 Å². The van der Waals surface area contributed by atoms with Gasteiger partial charge in [-0.1, -0.05) is 53.2 Å². The summed E-state index contributed by atoms with van der Waals surface area (Å²) < 4.78 is 11.9. The number of carbonyl (C=O) groups excluding carboxylic acids is 2. The van der Waals surface area contributed by atoms with Gasteiger partial charge in [0.25, 0.3) is 0 Å². The summed E-state index contributed by atoms with van der Waals surface area (Å²) in [4.78, 5) is 28.5. The average molecular weight is 521 g/mol. The zero-order valence-electron chi connectivity index (χ0n) is 23.4. The van der Waals surface area contributed by atoms with Gasteiger partial charge in [0.15, 0.2) is 22.8 Å². The van der Waals surface area contributed by atoms with E-state index in [0.717, 1.165) is 22.3 Å². The van der Waals surface area contributed by atoms with Crippen molar-refractivity contribution in [2.24, 2.45) is 5.41 Å². The molecule has 38 heavy (non-hydrogen) atoms. The minimum Gasteiger partial charge on any atom is -0.390 e.